The van der Waals surface area contributed by atoms with Gasteiger partial charge in [-0.1, -0.05) is 11.6 Å². The predicted molar refractivity (Wildman–Crippen MR) is 50.7 cm³/mol. The first-order chi connectivity index (χ1) is 6.50. The fourth-order valence-electron chi connectivity index (χ4n) is 0.819. The lowest BCUT2D eigenvalue weighted by molar-refractivity contribution is -0.123. The maximum atomic E-state index is 12.6. The molecular formula is C9H9ClFNO2. The molecule has 1 aromatic carbocycles. The Kier molecular flexibility index (Phi) is 3.30. The van der Waals surface area contributed by atoms with Gasteiger partial charge in [-0.2, -0.15) is 0 Å². The number of ether oxygens (including phenoxy) is 1. The first-order valence-corrected chi connectivity index (χ1v) is 4.29. The zero-order chi connectivity index (χ0) is 10.7. The largest absolute Gasteiger partial charge is 0.479 e. The van der Waals surface area contributed by atoms with E-state index in [0.29, 0.717) is 0 Å². The van der Waals surface area contributed by atoms with Crippen LogP contribution < -0.4 is 10.5 Å². The highest BCUT2D eigenvalue weighted by atomic mass is 35.5. The standard InChI is InChI=1S/C9H9ClFNO2/c1-5(9(12)13)14-8-3-2-6(11)4-7(8)10/h2-5H,1H3,(H2,12,13). The lowest BCUT2D eigenvalue weighted by Crippen LogP contribution is -2.30. The molecule has 0 heterocycles. The number of carbonyl (C=O) groups is 1. The number of carbonyl (C=O) groups excluding carboxylic acids is 1. The zero-order valence-corrected chi connectivity index (χ0v) is 8.22. The first-order valence-electron chi connectivity index (χ1n) is 3.91. The van der Waals surface area contributed by atoms with Gasteiger partial charge in [0.05, 0.1) is 5.02 Å². The minimum atomic E-state index is -0.794. The molecule has 1 aromatic rings. The van der Waals surface area contributed by atoms with Gasteiger partial charge in [0.1, 0.15) is 11.6 Å². The maximum Gasteiger partial charge on any atom is 0.258 e. The Labute approximate surface area is 85.6 Å². The Morgan fingerprint density at radius 3 is 2.79 bits per heavy atom. The van der Waals surface area contributed by atoms with E-state index < -0.39 is 17.8 Å². The molecule has 14 heavy (non-hydrogen) atoms. The number of nitrogens with two attached hydrogens (primary N) is 1. The molecule has 2 N–H and O–H groups in total. The average molecular weight is 218 g/mol. The Bertz CT molecular complexity index is 357. The third-order valence-electron chi connectivity index (χ3n) is 1.60. The lowest BCUT2D eigenvalue weighted by Gasteiger charge is -2.12. The molecule has 0 aliphatic rings. The molecule has 76 valence electrons. The molecule has 0 fully saturated rings. The predicted octanol–water partition coefficient (Wildman–Crippen LogP) is 1.73. The number of primary amides is 1. The Morgan fingerprint density at radius 2 is 2.29 bits per heavy atom. The van der Waals surface area contributed by atoms with Crippen LogP contribution in [0.15, 0.2) is 18.2 Å². The molecule has 3 nitrogen and oxygen atoms in total. The summed E-state index contributed by atoms with van der Waals surface area (Å²) in [7, 11) is 0. The summed E-state index contributed by atoms with van der Waals surface area (Å²) in [4.78, 5) is 10.7. The smallest absolute Gasteiger partial charge is 0.258 e. The van der Waals surface area contributed by atoms with Crippen molar-refractivity contribution in [3.63, 3.8) is 0 Å². The van der Waals surface area contributed by atoms with Crippen LogP contribution in [0.5, 0.6) is 5.75 Å². The van der Waals surface area contributed by atoms with E-state index in [1.807, 2.05) is 0 Å². The van der Waals surface area contributed by atoms with Crippen molar-refractivity contribution in [3.05, 3.63) is 29.0 Å². The molecule has 1 rings (SSSR count). The van der Waals surface area contributed by atoms with Gasteiger partial charge in [-0.3, -0.25) is 4.79 Å². The van der Waals surface area contributed by atoms with Gasteiger partial charge >= 0.3 is 0 Å². The Balaban J connectivity index is 2.82. The zero-order valence-electron chi connectivity index (χ0n) is 7.46. The van der Waals surface area contributed by atoms with Crippen LogP contribution in [0.1, 0.15) is 6.92 Å². The molecule has 0 spiro atoms. The van der Waals surface area contributed by atoms with Gasteiger partial charge in [0.2, 0.25) is 0 Å². The monoisotopic (exact) mass is 217 g/mol. The molecule has 0 aliphatic carbocycles. The normalized spacial score (nSPS) is 12.2. The highest BCUT2D eigenvalue weighted by Gasteiger charge is 2.12. The number of halogens is 2. The molecule has 0 radical (unpaired) electrons. The summed E-state index contributed by atoms with van der Waals surface area (Å²) in [5.74, 6) is -0.834. The molecule has 0 aromatic heterocycles. The van der Waals surface area contributed by atoms with E-state index in [1.165, 1.54) is 19.1 Å². The lowest BCUT2D eigenvalue weighted by atomic mass is 10.3. The van der Waals surface area contributed by atoms with E-state index in [9.17, 15) is 9.18 Å². The second kappa shape index (κ2) is 4.28. The second-order valence-electron chi connectivity index (χ2n) is 2.74. The molecule has 0 saturated heterocycles. The summed E-state index contributed by atoms with van der Waals surface area (Å²) in [6.45, 7) is 1.49. The van der Waals surface area contributed by atoms with Crippen LogP contribution in [0.4, 0.5) is 4.39 Å². The average Bonchev–Trinajstić information content (AvgIpc) is 2.09. The van der Waals surface area contributed by atoms with Crippen molar-refractivity contribution < 1.29 is 13.9 Å². The van der Waals surface area contributed by atoms with Crippen LogP contribution in [-0.4, -0.2) is 12.0 Å². The van der Waals surface area contributed by atoms with E-state index in [-0.39, 0.29) is 10.8 Å². The van der Waals surface area contributed by atoms with Gasteiger partial charge in [0.15, 0.2) is 6.10 Å². The van der Waals surface area contributed by atoms with Crippen molar-refractivity contribution in [1.29, 1.82) is 0 Å². The number of rotatable bonds is 3. The highest BCUT2D eigenvalue weighted by molar-refractivity contribution is 6.32. The van der Waals surface area contributed by atoms with Crippen molar-refractivity contribution in [2.24, 2.45) is 5.73 Å². The van der Waals surface area contributed by atoms with Gasteiger partial charge in [-0.15, -0.1) is 0 Å². The fourth-order valence-corrected chi connectivity index (χ4v) is 1.03. The minimum Gasteiger partial charge on any atom is -0.479 e. The minimum absolute atomic E-state index is 0.109. The Morgan fingerprint density at radius 1 is 1.64 bits per heavy atom. The quantitative estimate of drug-likeness (QED) is 0.839. The molecule has 0 bridgehead atoms. The Hall–Kier alpha value is -1.29. The topological polar surface area (TPSA) is 52.3 Å². The van der Waals surface area contributed by atoms with Gasteiger partial charge in [-0.05, 0) is 25.1 Å². The summed E-state index contributed by atoms with van der Waals surface area (Å²) in [6.07, 6.45) is -0.794. The van der Waals surface area contributed by atoms with Crippen LogP contribution in [0.3, 0.4) is 0 Å². The third kappa shape index (κ3) is 2.60. The molecule has 1 unspecified atom stereocenters. The molecule has 5 heteroatoms. The van der Waals surface area contributed by atoms with Crippen LogP contribution >= 0.6 is 11.6 Å². The molecule has 0 aliphatic heterocycles. The number of benzene rings is 1. The van der Waals surface area contributed by atoms with Gasteiger partial charge in [0, 0.05) is 0 Å². The second-order valence-corrected chi connectivity index (χ2v) is 3.14. The third-order valence-corrected chi connectivity index (χ3v) is 1.89. The van der Waals surface area contributed by atoms with Crippen molar-refractivity contribution >= 4 is 17.5 Å². The summed E-state index contributed by atoms with van der Waals surface area (Å²) < 4.78 is 17.7. The number of hydrogen-bond donors (Lipinski definition) is 1. The summed E-state index contributed by atoms with van der Waals surface area (Å²) in [5, 5.41) is 0.109. The van der Waals surface area contributed by atoms with Crippen LogP contribution in [0.25, 0.3) is 0 Å². The SMILES string of the molecule is CC(Oc1ccc(F)cc1Cl)C(N)=O. The van der Waals surface area contributed by atoms with Crippen molar-refractivity contribution in [2.45, 2.75) is 13.0 Å². The van der Waals surface area contributed by atoms with Crippen LogP contribution in [0.2, 0.25) is 5.02 Å². The number of hydrogen-bond acceptors (Lipinski definition) is 2. The summed E-state index contributed by atoms with van der Waals surface area (Å²) >= 11 is 5.66. The molecule has 1 amide bonds. The van der Waals surface area contributed by atoms with Gasteiger partial charge in [-0.25, -0.2) is 4.39 Å². The van der Waals surface area contributed by atoms with Gasteiger partial charge in [0.25, 0.3) is 5.91 Å². The van der Waals surface area contributed by atoms with E-state index in [0.717, 1.165) is 6.07 Å². The van der Waals surface area contributed by atoms with E-state index in [4.69, 9.17) is 22.1 Å². The van der Waals surface area contributed by atoms with Crippen molar-refractivity contribution in [1.82, 2.24) is 0 Å². The van der Waals surface area contributed by atoms with E-state index in [1.54, 1.807) is 0 Å². The fraction of sp³-hybridized carbons (Fsp3) is 0.222. The highest BCUT2D eigenvalue weighted by Crippen LogP contribution is 2.25. The summed E-state index contributed by atoms with van der Waals surface area (Å²) in [5.41, 5.74) is 4.98. The van der Waals surface area contributed by atoms with Crippen LogP contribution in [-0.2, 0) is 4.79 Å². The van der Waals surface area contributed by atoms with E-state index in [2.05, 4.69) is 0 Å². The van der Waals surface area contributed by atoms with E-state index >= 15 is 0 Å². The van der Waals surface area contributed by atoms with Crippen molar-refractivity contribution in [2.75, 3.05) is 0 Å². The molecule has 0 saturated carbocycles. The van der Waals surface area contributed by atoms with Crippen LogP contribution in [0, 0.1) is 5.82 Å². The molecule has 1 atom stereocenters. The first kappa shape index (κ1) is 10.8. The maximum absolute atomic E-state index is 12.6. The van der Waals surface area contributed by atoms with Gasteiger partial charge < -0.3 is 10.5 Å². The number of amides is 1. The molecular weight excluding hydrogens is 209 g/mol. The van der Waals surface area contributed by atoms with Crippen molar-refractivity contribution in [3.8, 4) is 5.75 Å². The summed E-state index contributed by atoms with van der Waals surface area (Å²) in [6, 6.07) is 3.64.